The molecule has 15 heteroatoms. The number of carbonyl (C=O) groups excluding carboxylic acids is 4. The number of nitrogens with zero attached hydrogens (tertiary/aromatic N) is 3. The van der Waals surface area contributed by atoms with Crippen molar-refractivity contribution in [3.8, 4) is 23.7 Å². The van der Waals surface area contributed by atoms with Crippen molar-refractivity contribution in [3.63, 3.8) is 0 Å². The summed E-state index contributed by atoms with van der Waals surface area (Å²) in [6, 6.07) is 10.8. The first-order valence-electron chi connectivity index (χ1n) is 18.8. The van der Waals surface area contributed by atoms with Crippen LogP contribution in [0.4, 0.5) is 22.8 Å². The summed E-state index contributed by atoms with van der Waals surface area (Å²) in [4.78, 5) is 52.9. The highest BCUT2D eigenvalue weighted by atomic mass is 79.9. The van der Waals surface area contributed by atoms with E-state index in [1.807, 2.05) is 25.7 Å². The molecular weight excluding hydrogens is 811 g/mol. The third kappa shape index (κ3) is 19.8. The SMILES string of the molecule is COC(=O)C1CCCCN1C(=O)OC(C)(C)C.COC(=O)[C@@H]1CN(CC#Cc2ccc(F)cc2)CCN1C(=O)OC(C)(C)C.Fc1ccc(C#CCBr)cc1.[2H]CF. The lowest BCUT2D eigenvalue weighted by molar-refractivity contribution is -0.149. The Balaban J connectivity index is 0.000000461. The minimum atomic E-state index is -1.00. The maximum absolute atomic E-state index is 12.9. The fourth-order valence-corrected chi connectivity index (χ4v) is 5.31. The predicted octanol–water partition coefficient (Wildman–Crippen LogP) is 7.38. The van der Waals surface area contributed by atoms with Gasteiger partial charge in [0.05, 0.1) is 34.6 Å². The standard InChI is InChI=1S/C20H25FN2O4.C12H21NO4.C9H6BrF.CH3F/c1-20(2,3)27-19(25)23-13-12-22(14-17(23)18(24)26-4)11-5-6-15-7-9-16(21)10-8-15;1-12(2,3)17-11(15)13-8-6-5-7-9(13)10(14)16-4;10-7-1-2-8-3-5-9(11)6-4-8;1-2/h7-10,17H,11-14H2,1-4H3;9H,5-8H2,1-4H3;3-6H,7H2;1H3/t17-;;;/m0.../s1/i;;;1D. The van der Waals surface area contributed by atoms with E-state index in [4.69, 9.17) is 20.3 Å². The number of hydrogen-bond donors (Lipinski definition) is 0. The zero-order chi connectivity index (χ0) is 43.9. The van der Waals surface area contributed by atoms with Gasteiger partial charge in [0, 0.05) is 37.3 Å². The third-order valence-corrected chi connectivity index (χ3v) is 7.97. The Morgan fingerprint density at radius 2 is 1.18 bits per heavy atom. The van der Waals surface area contributed by atoms with Gasteiger partial charge in [0.25, 0.3) is 0 Å². The van der Waals surface area contributed by atoms with Gasteiger partial charge in [-0.15, -0.1) is 0 Å². The number of methoxy groups -OCH3 is 2. The normalized spacial score (nSPS) is 16.6. The fourth-order valence-electron chi connectivity index (χ4n) is 5.17. The second kappa shape index (κ2) is 25.5. The quantitative estimate of drug-likeness (QED) is 0.135. The number of piperidine rings is 1. The van der Waals surface area contributed by atoms with Gasteiger partial charge >= 0.3 is 24.1 Å². The molecule has 2 heterocycles. The van der Waals surface area contributed by atoms with E-state index in [0.29, 0.717) is 50.0 Å². The number of hydrogen-bond acceptors (Lipinski definition) is 9. The monoisotopic (exact) mass is 866 g/mol. The Morgan fingerprint density at radius 1 is 0.737 bits per heavy atom. The molecule has 0 spiro atoms. The van der Waals surface area contributed by atoms with Crippen molar-refractivity contribution in [1.82, 2.24) is 14.7 Å². The largest absolute Gasteiger partial charge is 0.467 e. The Morgan fingerprint density at radius 3 is 1.61 bits per heavy atom. The number of piperazine rings is 1. The average Bonchev–Trinajstić information content (AvgIpc) is 3.17. The zero-order valence-corrected chi connectivity index (χ0v) is 35.6. The van der Waals surface area contributed by atoms with Crippen LogP contribution in [-0.4, -0.2) is 122 Å². The van der Waals surface area contributed by atoms with Crippen LogP contribution in [-0.2, 0) is 28.5 Å². The molecular formula is C42H55BrF3N3O8. The molecule has 4 rings (SSSR count). The molecule has 0 aliphatic carbocycles. The minimum absolute atomic E-state index is 0.227. The van der Waals surface area contributed by atoms with E-state index in [1.54, 1.807) is 45.0 Å². The lowest BCUT2D eigenvalue weighted by Gasteiger charge is -2.39. The summed E-state index contributed by atoms with van der Waals surface area (Å²) in [5, 5.41) is 0.643. The highest BCUT2D eigenvalue weighted by Gasteiger charge is 2.38. The molecule has 2 saturated heterocycles. The van der Waals surface area contributed by atoms with E-state index in [0.717, 1.165) is 18.4 Å². The topological polar surface area (TPSA) is 115 Å². The molecule has 0 aromatic heterocycles. The van der Waals surface area contributed by atoms with Crippen molar-refractivity contribution in [1.29, 1.82) is 0 Å². The minimum Gasteiger partial charge on any atom is -0.467 e. The van der Waals surface area contributed by atoms with Crippen LogP contribution in [0, 0.1) is 35.3 Å². The number of ether oxygens (including phenoxy) is 4. The first-order chi connectivity index (χ1) is 27.3. The van der Waals surface area contributed by atoms with Gasteiger partial charge in [-0.05, 0) is 109 Å². The number of halogens is 4. The Kier molecular flexibility index (Phi) is 21.7. The van der Waals surface area contributed by atoms with E-state index in [9.17, 15) is 32.3 Å². The molecule has 2 atom stereocenters. The number of esters is 2. The summed E-state index contributed by atoms with van der Waals surface area (Å²) in [7, 11) is 1.63. The highest BCUT2D eigenvalue weighted by molar-refractivity contribution is 9.09. The molecule has 0 saturated carbocycles. The second-order valence-electron chi connectivity index (χ2n) is 14.4. The highest BCUT2D eigenvalue weighted by Crippen LogP contribution is 2.21. The van der Waals surface area contributed by atoms with Gasteiger partial charge in [0.2, 0.25) is 0 Å². The first kappa shape index (κ1) is 48.4. The van der Waals surface area contributed by atoms with Crippen LogP contribution >= 0.6 is 15.9 Å². The molecule has 57 heavy (non-hydrogen) atoms. The summed E-state index contributed by atoms with van der Waals surface area (Å²) in [5.41, 5.74) is 0.365. The molecule has 2 amide bonds. The van der Waals surface area contributed by atoms with Crippen molar-refractivity contribution in [2.45, 2.75) is 84.1 Å². The van der Waals surface area contributed by atoms with E-state index in [2.05, 4.69) is 39.6 Å². The number of rotatable bonds is 3. The van der Waals surface area contributed by atoms with Crippen molar-refractivity contribution >= 4 is 40.1 Å². The number of carbonyl (C=O) groups is 4. The number of alkyl halides is 2. The lowest BCUT2D eigenvalue weighted by atomic mass is 10.0. The number of amides is 2. The van der Waals surface area contributed by atoms with Gasteiger partial charge in [0.1, 0.15) is 34.9 Å². The van der Waals surface area contributed by atoms with Gasteiger partial charge in [-0.1, -0.05) is 39.6 Å². The fraction of sp³-hybridized carbons (Fsp3) is 0.524. The van der Waals surface area contributed by atoms with Crippen molar-refractivity contribution < 1.29 is 52.7 Å². The smallest absolute Gasteiger partial charge is 0.411 e. The zero-order valence-electron chi connectivity index (χ0n) is 35.0. The van der Waals surface area contributed by atoms with Crippen molar-refractivity contribution in [2.24, 2.45) is 0 Å². The van der Waals surface area contributed by atoms with Gasteiger partial charge in [-0.25, -0.2) is 28.0 Å². The Hall–Kier alpha value is -4.73. The Bertz CT molecular complexity index is 1720. The Labute approximate surface area is 345 Å². The molecule has 314 valence electrons. The summed E-state index contributed by atoms with van der Waals surface area (Å²) in [6.07, 6.45) is 1.50. The van der Waals surface area contributed by atoms with Crippen molar-refractivity contribution in [2.75, 3.05) is 59.4 Å². The van der Waals surface area contributed by atoms with Gasteiger partial charge in [0.15, 0.2) is 0 Å². The van der Waals surface area contributed by atoms with Crippen LogP contribution < -0.4 is 0 Å². The van der Waals surface area contributed by atoms with Crippen LogP contribution in [0.2, 0.25) is 0 Å². The van der Waals surface area contributed by atoms with Crippen LogP contribution in [0.3, 0.4) is 0 Å². The summed E-state index contributed by atoms with van der Waals surface area (Å²) in [5.74, 6) is 10.3. The molecule has 2 aliphatic rings. The number of likely N-dealkylation sites (tertiary alicyclic amines) is 1. The second-order valence-corrected chi connectivity index (χ2v) is 15.0. The van der Waals surface area contributed by atoms with E-state index in [-0.39, 0.29) is 17.6 Å². The number of benzene rings is 2. The van der Waals surface area contributed by atoms with Gasteiger partial charge in [-0.2, -0.15) is 0 Å². The molecule has 2 aromatic carbocycles. The summed E-state index contributed by atoms with van der Waals surface area (Å²) in [6.45, 7) is 12.9. The molecule has 0 bridgehead atoms. The van der Waals surface area contributed by atoms with Crippen LogP contribution in [0.5, 0.6) is 0 Å². The molecule has 2 aliphatic heterocycles. The van der Waals surface area contributed by atoms with Crippen LogP contribution in [0.25, 0.3) is 0 Å². The molecule has 2 fully saturated rings. The molecule has 1 unspecified atom stereocenters. The van der Waals surface area contributed by atoms with Gasteiger partial charge < -0.3 is 18.9 Å². The lowest BCUT2D eigenvalue weighted by Crippen LogP contribution is -2.59. The third-order valence-electron chi connectivity index (χ3n) is 7.69. The summed E-state index contributed by atoms with van der Waals surface area (Å²) >= 11 is 3.17. The van der Waals surface area contributed by atoms with Gasteiger partial charge in [-0.3, -0.25) is 19.1 Å². The maximum Gasteiger partial charge on any atom is 0.411 e. The van der Waals surface area contributed by atoms with E-state index >= 15 is 0 Å². The molecule has 0 radical (unpaired) electrons. The molecule has 11 nitrogen and oxygen atoms in total. The first-order valence-corrected chi connectivity index (χ1v) is 19.2. The average molecular weight is 868 g/mol. The van der Waals surface area contributed by atoms with E-state index < -0.39 is 48.6 Å². The maximum atomic E-state index is 12.9. The predicted molar refractivity (Wildman–Crippen MR) is 215 cm³/mol. The molecule has 2 aromatic rings. The van der Waals surface area contributed by atoms with Crippen LogP contribution in [0.15, 0.2) is 48.5 Å². The van der Waals surface area contributed by atoms with Crippen molar-refractivity contribution in [3.05, 3.63) is 71.3 Å². The molecule has 0 N–H and O–H groups in total. The van der Waals surface area contributed by atoms with E-state index in [1.165, 1.54) is 48.3 Å². The van der Waals surface area contributed by atoms with Crippen LogP contribution in [0.1, 0.15) is 73.3 Å². The summed E-state index contributed by atoms with van der Waals surface area (Å²) < 4.78 is 61.0.